The van der Waals surface area contributed by atoms with Crippen LogP contribution in [-0.2, 0) is 6.54 Å². The zero-order valence-corrected chi connectivity index (χ0v) is 11.8. The van der Waals surface area contributed by atoms with Crippen LogP contribution in [0.25, 0.3) is 0 Å². The number of anilines is 1. The summed E-state index contributed by atoms with van der Waals surface area (Å²) in [7, 11) is 0. The minimum atomic E-state index is 0. The molecule has 1 aliphatic rings. The molecule has 0 saturated heterocycles. The summed E-state index contributed by atoms with van der Waals surface area (Å²) in [6.45, 7) is 0.858. The molecule has 3 rings (SSSR count). The van der Waals surface area contributed by atoms with Crippen molar-refractivity contribution in [3.63, 3.8) is 0 Å². The Balaban J connectivity index is 0.00000133. The SMILES string of the molecule is Cl.c1ccc(CNc2cnn(C3CCCC3)c2)cc1. The highest BCUT2D eigenvalue weighted by Gasteiger charge is 2.17. The Labute approximate surface area is 120 Å². The predicted molar refractivity (Wildman–Crippen MR) is 80.7 cm³/mol. The number of hydrogen-bond acceptors (Lipinski definition) is 2. The van der Waals surface area contributed by atoms with Crippen molar-refractivity contribution in [3.05, 3.63) is 48.3 Å². The molecule has 102 valence electrons. The fraction of sp³-hybridized carbons (Fsp3) is 0.400. The first kappa shape index (κ1) is 13.9. The van der Waals surface area contributed by atoms with Gasteiger partial charge in [-0.1, -0.05) is 43.2 Å². The summed E-state index contributed by atoms with van der Waals surface area (Å²) in [5.74, 6) is 0. The van der Waals surface area contributed by atoms with Crippen LogP contribution in [0, 0.1) is 0 Å². The molecule has 1 fully saturated rings. The van der Waals surface area contributed by atoms with E-state index in [-0.39, 0.29) is 12.4 Å². The van der Waals surface area contributed by atoms with Crippen LogP contribution in [0.2, 0.25) is 0 Å². The predicted octanol–water partition coefficient (Wildman–Crippen LogP) is 4.03. The monoisotopic (exact) mass is 277 g/mol. The van der Waals surface area contributed by atoms with Crippen LogP contribution in [-0.4, -0.2) is 9.78 Å². The van der Waals surface area contributed by atoms with Crippen molar-refractivity contribution >= 4 is 18.1 Å². The van der Waals surface area contributed by atoms with Gasteiger partial charge in [0.05, 0.1) is 17.9 Å². The molecule has 0 unspecified atom stereocenters. The fourth-order valence-electron chi connectivity index (χ4n) is 2.60. The van der Waals surface area contributed by atoms with Gasteiger partial charge in [-0.15, -0.1) is 12.4 Å². The molecule has 4 heteroatoms. The van der Waals surface area contributed by atoms with E-state index in [9.17, 15) is 0 Å². The van der Waals surface area contributed by atoms with Gasteiger partial charge in [0.15, 0.2) is 0 Å². The highest BCUT2D eigenvalue weighted by Crippen LogP contribution is 2.29. The summed E-state index contributed by atoms with van der Waals surface area (Å²) in [6, 6.07) is 11.1. The molecule has 0 bridgehead atoms. The van der Waals surface area contributed by atoms with E-state index in [1.54, 1.807) is 0 Å². The van der Waals surface area contributed by atoms with Gasteiger partial charge in [0, 0.05) is 12.7 Å². The third-order valence-corrected chi connectivity index (χ3v) is 3.64. The molecule has 1 aromatic heterocycles. The van der Waals surface area contributed by atoms with E-state index in [2.05, 4.69) is 45.6 Å². The number of rotatable bonds is 4. The Bertz CT molecular complexity index is 489. The maximum atomic E-state index is 4.46. The summed E-state index contributed by atoms with van der Waals surface area (Å²) in [5.41, 5.74) is 2.41. The number of halogens is 1. The van der Waals surface area contributed by atoms with Gasteiger partial charge in [-0.25, -0.2) is 0 Å². The maximum absolute atomic E-state index is 4.46. The smallest absolute Gasteiger partial charge is 0.0729 e. The zero-order valence-electron chi connectivity index (χ0n) is 11.0. The molecule has 1 aliphatic carbocycles. The summed E-state index contributed by atoms with van der Waals surface area (Å²) >= 11 is 0. The topological polar surface area (TPSA) is 29.9 Å². The maximum Gasteiger partial charge on any atom is 0.0729 e. The molecule has 0 atom stereocenters. The van der Waals surface area contributed by atoms with E-state index in [1.807, 2.05) is 12.3 Å². The third-order valence-electron chi connectivity index (χ3n) is 3.64. The number of nitrogens with zero attached hydrogens (tertiary/aromatic N) is 2. The number of benzene rings is 1. The Morgan fingerprint density at radius 2 is 1.89 bits per heavy atom. The fourth-order valence-corrected chi connectivity index (χ4v) is 2.60. The first-order valence-corrected chi connectivity index (χ1v) is 6.74. The van der Waals surface area contributed by atoms with Crippen LogP contribution in [0.15, 0.2) is 42.7 Å². The highest BCUT2D eigenvalue weighted by atomic mass is 35.5. The van der Waals surface area contributed by atoms with Crippen LogP contribution in [0.4, 0.5) is 5.69 Å². The summed E-state index contributed by atoms with van der Waals surface area (Å²) in [6.07, 6.45) is 9.31. The minimum absolute atomic E-state index is 0. The van der Waals surface area contributed by atoms with Crippen molar-refractivity contribution in [3.8, 4) is 0 Å². The second kappa shape index (κ2) is 6.62. The van der Waals surface area contributed by atoms with Crippen molar-refractivity contribution in [2.45, 2.75) is 38.3 Å². The third kappa shape index (κ3) is 3.51. The lowest BCUT2D eigenvalue weighted by atomic mass is 10.2. The van der Waals surface area contributed by atoms with Crippen molar-refractivity contribution in [1.82, 2.24) is 9.78 Å². The van der Waals surface area contributed by atoms with Crippen molar-refractivity contribution in [2.75, 3.05) is 5.32 Å². The standard InChI is InChI=1S/C15H19N3.ClH/c1-2-6-13(7-3-1)10-16-14-11-17-18(12-14)15-8-4-5-9-15;/h1-3,6-7,11-12,15-16H,4-5,8-10H2;1H. The Morgan fingerprint density at radius 1 is 1.16 bits per heavy atom. The highest BCUT2D eigenvalue weighted by molar-refractivity contribution is 5.85. The van der Waals surface area contributed by atoms with E-state index < -0.39 is 0 Å². The molecule has 1 heterocycles. The molecule has 19 heavy (non-hydrogen) atoms. The average molecular weight is 278 g/mol. The average Bonchev–Trinajstić information content (AvgIpc) is 3.08. The lowest BCUT2D eigenvalue weighted by Gasteiger charge is -2.08. The van der Waals surface area contributed by atoms with Gasteiger partial charge in [0.1, 0.15) is 0 Å². The van der Waals surface area contributed by atoms with E-state index in [0.717, 1.165) is 12.2 Å². The summed E-state index contributed by atoms with van der Waals surface area (Å²) in [5, 5.41) is 7.89. The van der Waals surface area contributed by atoms with E-state index in [4.69, 9.17) is 0 Å². The van der Waals surface area contributed by atoms with Gasteiger partial charge >= 0.3 is 0 Å². The Hall–Kier alpha value is -1.48. The lowest BCUT2D eigenvalue weighted by Crippen LogP contribution is -2.04. The van der Waals surface area contributed by atoms with E-state index >= 15 is 0 Å². The second-order valence-electron chi connectivity index (χ2n) is 4.99. The lowest BCUT2D eigenvalue weighted by molar-refractivity contribution is 0.467. The summed E-state index contributed by atoms with van der Waals surface area (Å²) < 4.78 is 2.13. The van der Waals surface area contributed by atoms with Crippen molar-refractivity contribution < 1.29 is 0 Å². The number of nitrogens with one attached hydrogen (secondary N) is 1. The molecule has 0 radical (unpaired) electrons. The van der Waals surface area contributed by atoms with Crippen LogP contribution in [0.5, 0.6) is 0 Å². The van der Waals surface area contributed by atoms with E-state index in [1.165, 1.54) is 31.2 Å². The Kier molecular flexibility index (Phi) is 4.86. The van der Waals surface area contributed by atoms with E-state index in [0.29, 0.717) is 6.04 Å². The zero-order chi connectivity index (χ0) is 12.2. The number of aromatic nitrogens is 2. The van der Waals surface area contributed by atoms with Gasteiger partial charge in [-0.3, -0.25) is 4.68 Å². The van der Waals surface area contributed by atoms with Crippen LogP contribution in [0.1, 0.15) is 37.3 Å². The molecule has 3 nitrogen and oxygen atoms in total. The molecular formula is C15H20ClN3. The second-order valence-corrected chi connectivity index (χ2v) is 4.99. The molecule has 0 aliphatic heterocycles. The van der Waals surface area contributed by atoms with Gasteiger partial charge < -0.3 is 5.32 Å². The summed E-state index contributed by atoms with van der Waals surface area (Å²) in [4.78, 5) is 0. The quantitative estimate of drug-likeness (QED) is 0.914. The van der Waals surface area contributed by atoms with Gasteiger partial charge in [-0.2, -0.15) is 5.10 Å². The molecular weight excluding hydrogens is 258 g/mol. The molecule has 0 spiro atoms. The molecule has 1 aromatic carbocycles. The van der Waals surface area contributed by atoms with Crippen molar-refractivity contribution in [1.29, 1.82) is 0 Å². The minimum Gasteiger partial charge on any atom is -0.378 e. The van der Waals surface area contributed by atoms with Crippen LogP contribution >= 0.6 is 12.4 Å². The first-order chi connectivity index (χ1) is 8.92. The molecule has 1 N–H and O–H groups in total. The first-order valence-electron chi connectivity index (χ1n) is 6.74. The molecule has 2 aromatic rings. The Morgan fingerprint density at radius 3 is 2.63 bits per heavy atom. The normalized spacial score (nSPS) is 15.2. The largest absolute Gasteiger partial charge is 0.378 e. The van der Waals surface area contributed by atoms with Gasteiger partial charge in [0.25, 0.3) is 0 Å². The van der Waals surface area contributed by atoms with Crippen LogP contribution in [0.3, 0.4) is 0 Å². The van der Waals surface area contributed by atoms with Crippen molar-refractivity contribution in [2.24, 2.45) is 0 Å². The van der Waals surface area contributed by atoms with Crippen LogP contribution < -0.4 is 5.32 Å². The molecule has 1 saturated carbocycles. The van der Waals surface area contributed by atoms with Gasteiger partial charge in [0.2, 0.25) is 0 Å². The molecule has 0 amide bonds. The number of hydrogen-bond donors (Lipinski definition) is 1. The van der Waals surface area contributed by atoms with Gasteiger partial charge in [-0.05, 0) is 18.4 Å².